The number of carboxylic acids is 1. The molecule has 2 rings (SSSR count). The smallest absolute Gasteiger partial charge is 0.307 e. The molecule has 0 spiro atoms. The van der Waals surface area contributed by atoms with Crippen molar-refractivity contribution in [2.45, 2.75) is 39.2 Å². The van der Waals surface area contributed by atoms with Crippen molar-refractivity contribution in [3.63, 3.8) is 0 Å². The first kappa shape index (κ1) is 15.8. The van der Waals surface area contributed by atoms with E-state index in [9.17, 15) is 19.5 Å². The Hall–Kier alpha value is -1.59. The van der Waals surface area contributed by atoms with E-state index in [0.29, 0.717) is 25.9 Å². The van der Waals surface area contributed by atoms with Gasteiger partial charge >= 0.3 is 5.97 Å². The Bertz CT molecular complexity index is 474. The van der Waals surface area contributed by atoms with Crippen molar-refractivity contribution in [1.82, 2.24) is 9.80 Å². The second-order valence-corrected chi connectivity index (χ2v) is 6.90. The van der Waals surface area contributed by atoms with Crippen LogP contribution in [0.15, 0.2) is 0 Å². The maximum Gasteiger partial charge on any atom is 0.307 e. The summed E-state index contributed by atoms with van der Waals surface area (Å²) in [5.74, 6) is -2.09. The molecule has 0 bridgehead atoms. The molecule has 6 nitrogen and oxygen atoms in total. The van der Waals surface area contributed by atoms with Gasteiger partial charge in [0.1, 0.15) is 5.54 Å². The first-order valence-electron chi connectivity index (χ1n) is 7.46. The number of likely N-dealkylation sites (N-methyl/N-ethyl adjacent to an activating group) is 1. The van der Waals surface area contributed by atoms with Crippen molar-refractivity contribution < 1.29 is 19.5 Å². The van der Waals surface area contributed by atoms with E-state index >= 15 is 0 Å². The molecule has 0 radical (unpaired) electrons. The maximum atomic E-state index is 12.8. The zero-order valence-corrected chi connectivity index (χ0v) is 13.1. The maximum absolute atomic E-state index is 12.8. The first-order valence-corrected chi connectivity index (χ1v) is 7.46. The number of carboxylic acid groups (broad SMARTS) is 1. The minimum Gasteiger partial charge on any atom is -0.481 e. The molecule has 2 amide bonds. The third-order valence-electron chi connectivity index (χ3n) is 4.90. The van der Waals surface area contributed by atoms with Crippen molar-refractivity contribution in [1.29, 1.82) is 0 Å². The largest absolute Gasteiger partial charge is 0.481 e. The number of rotatable bonds is 2. The molecule has 1 aliphatic carbocycles. The van der Waals surface area contributed by atoms with Gasteiger partial charge in [-0.3, -0.25) is 14.4 Å². The number of nitrogens with zero attached hydrogens (tertiary/aromatic N) is 2. The SMILES string of the molecule is CC1C[C@H](C(=O)N2CCN(C)C(=O)C2(C)C)[C@H](C(=O)O)C1. The van der Waals surface area contributed by atoms with E-state index in [1.165, 1.54) is 0 Å². The number of amides is 2. The van der Waals surface area contributed by atoms with E-state index in [0.717, 1.165) is 0 Å². The van der Waals surface area contributed by atoms with E-state index < -0.39 is 23.3 Å². The van der Waals surface area contributed by atoms with Gasteiger partial charge in [0, 0.05) is 20.1 Å². The Morgan fingerprint density at radius 3 is 2.33 bits per heavy atom. The molecule has 1 heterocycles. The highest BCUT2D eigenvalue weighted by Gasteiger charge is 2.49. The van der Waals surface area contributed by atoms with Crippen LogP contribution in [0.1, 0.15) is 33.6 Å². The van der Waals surface area contributed by atoms with Crippen LogP contribution in [0.4, 0.5) is 0 Å². The van der Waals surface area contributed by atoms with Crippen molar-refractivity contribution in [3.05, 3.63) is 0 Å². The van der Waals surface area contributed by atoms with Crippen LogP contribution in [0.3, 0.4) is 0 Å². The topological polar surface area (TPSA) is 77.9 Å². The fourth-order valence-corrected chi connectivity index (χ4v) is 3.64. The Morgan fingerprint density at radius 2 is 1.76 bits per heavy atom. The van der Waals surface area contributed by atoms with Crippen LogP contribution in [-0.4, -0.2) is 58.4 Å². The van der Waals surface area contributed by atoms with Crippen molar-refractivity contribution in [2.75, 3.05) is 20.1 Å². The van der Waals surface area contributed by atoms with E-state index in [2.05, 4.69) is 0 Å². The third kappa shape index (κ3) is 2.63. The van der Waals surface area contributed by atoms with Gasteiger partial charge in [-0.05, 0) is 32.6 Å². The highest BCUT2D eigenvalue weighted by atomic mass is 16.4. The number of hydrogen-bond donors (Lipinski definition) is 1. The van der Waals surface area contributed by atoms with Crippen LogP contribution < -0.4 is 0 Å². The fourth-order valence-electron chi connectivity index (χ4n) is 3.64. The van der Waals surface area contributed by atoms with E-state index in [-0.39, 0.29) is 17.7 Å². The van der Waals surface area contributed by atoms with Crippen LogP contribution in [0.2, 0.25) is 0 Å². The lowest BCUT2D eigenvalue weighted by Gasteiger charge is -2.46. The summed E-state index contributed by atoms with van der Waals surface area (Å²) in [5, 5.41) is 9.33. The zero-order chi connectivity index (χ0) is 15.9. The average Bonchev–Trinajstić information content (AvgIpc) is 2.78. The van der Waals surface area contributed by atoms with Crippen molar-refractivity contribution >= 4 is 17.8 Å². The van der Waals surface area contributed by atoms with Crippen LogP contribution in [-0.2, 0) is 14.4 Å². The molecule has 6 heteroatoms. The Morgan fingerprint density at radius 1 is 1.19 bits per heavy atom. The molecular weight excluding hydrogens is 272 g/mol. The molecule has 0 aromatic heterocycles. The lowest BCUT2D eigenvalue weighted by atomic mass is 9.90. The summed E-state index contributed by atoms with van der Waals surface area (Å²) in [4.78, 5) is 39.7. The summed E-state index contributed by atoms with van der Waals surface area (Å²) < 4.78 is 0. The van der Waals surface area contributed by atoms with E-state index in [1.807, 2.05) is 6.92 Å². The molecule has 118 valence electrons. The van der Waals surface area contributed by atoms with Crippen LogP contribution in [0.25, 0.3) is 0 Å². The van der Waals surface area contributed by atoms with Crippen LogP contribution >= 0.6 is 0 Å². The number of carbonyl (C=O) groups is 3. The van der Waals surface area contributed by atoms with Crippen molar-refractivity contribution in [2.24, 2.45) is 17.8 Å². The molecular formula is C15H24N2O4. The standard InChI is InChI=1S/C15H24N2O4/c1-9-7-10(11(8-9)13(19)20)12(18)17-6-5-16(4)14(21)15(17,2)3/h9-11H,5-8H2,1-4H3,(H,19,20)/t9?,10-,11+/m0/s1. The minimum atomic E-state index is -0.907. The van der Waals surface area contributed by atoms with Gasteiger partial charge < -0.3 is 14.9 Å². The Kier molecular flexibility index (Phi) is 4.00. The molecule has 2 fully saturated rings. The first-order chi connectivity index (χ1) is 9.66. The van der Waals surface area contributed by atoms with Gasteiger partial charge in [-0.2, -0.15) is 0 Å². The zero-order valence-electron chi connectivity index (χ0n) is 13.1. The molecule has 1 saturated carbocycles. The van der Waals surface area contributed by atoms with Crippen LogP contribution in [0.5, 0.6) is 0 Å². The van der Waals surface area contributed by atoms with E-state index in [4.69, 9.17) is 0 Å². The molecule has 2 aliphatic rings. The average molecular weight is 296 g/mol. The van der Waals surface area contributed by atoms with Crippen molar-refractivity contribution in [3.8, 4) is 0 Å². The predicted molar refractivity (Wildman–Crippen MR) is 76.4 cm³/mol. The Labute approximate surface area is 125 Å². The number of hydrogen-bond acceptors (Lipinski definition) is 3. The Balaban J connectivity index is 2.23. The highest BCUT2D eigenvalue weighted by molar-refractivity contribution is 5.94. The summed E-state index contributed by atoms with van der Waals surface area (Å²) >= 11 is 0. The fraction of sp³-hybridized carbons (Fsp3) is 0.800. The molecule has 1 N–H and O–H groups in total. The molecule has 0 aromatic carbocycles. The quantitative estimate of drug-likeness (QED) is 0.818. The van der Waals surface area contributed by atoms with Gasteiger partial charge in [-0.25, -0.2) is 0 Å². The monoisotopic (exact) mass is 296 g/mol. The minimum absolute atomic E-state index is 0.0972. The summed E-state index contributed by atoms with van der Waals surface area (Å²) in [6.07, 6.45) is 1.13. The van der Waals surface area contributed by atoms with Gasteiger partial charge in [0.2, 0.25) is 11.8 Å². The summed E-state index contributed by atoms with van der Waals surface area (Å²) in [6.45, 7) is 6.40. The number of aliphatic carboxylic acids is 1. The van der Waals surface area contributed by atoms with Gasteiger partial charge in [-0.15, -0.1) is 0 Å². The highest BCUT2D eigenvalue weighted by Crippen LogP contribution is 2.39. The lowest BCUT2D eigenvalue weighted by molar-refractivity contribution is -0.162. The predicted octanol–water partition coefficient (Wildman–Crippen LogP) is 0.812. The van der Waals surface area contributed by atoms with Gasteiger partial charge in [0.25, 0.3) is 0 Å². The van der Waals surface area contributed by atoms with Gasteiger partial charge in [-0.1, -0.05) is 6.92 Å². The lowest BCUT2D eigenvalue weighted by Crippen LogP contribution is -2.64. The summed E-state index contributed by atoms with van der Waals surface area (Å²) in [6, 6.07) is 0. The molecule has 1 unspecified atom stereocenters. The second kappa shape index (κ2) is 5.31. The molecule has 0 aromatic rings. The van der Waals surface area contributed by atoms with Gasteiger partial charge in [0.05, 0.1) is 11.8 Å². The van der Waals surface area contributed by atoms with Gasteiger partial charge in [0.15, 0.2) is 0 Å². The van der Waals surface area contributed by atoms with Crippen LogP contribution in [0, 0.1) is 17.8 Å². The molecule has 21 heavy (non-hydrogen) atoms. The molecule has 3 atom stereocenters. The van der Waals surface area contributed by atoms with E-state index in [1.54, 1.807) is 30.7 Å². The molecule has 1 saturated heterocycles. The molecule has 1 aliphatic heterocycles. The summed E-state index contributed by atoms with van der Waals surface area (Å²) in [5.41, 5.74) is -0.904. The third-order valence-corrected chi connectivity index (χ3v) is 4.90. The number of piperazine rings is 1. The normalized spacial score (nSPS) is 32.4. The second-order valence-electron chi connectivity index (χ2n) is 6.90. The number of carbonyl (C=O) groups excluding carboxylic acids is 2. The summed E-state index contributed by atoms with van der Waals surface area (Å²) in [7, 11) is 1.73.